The number of aryl methyl sites for hydroxylation is 3. The Bertz CT molecular complexity index is 1670. The zero-order chi connectivity index (χ0) is 29.5. The molecule has 0 saturated carbocycles. The van der Waals surface area contributed by atoms with Gasteiger partial charge in [0.1, 0.15) is 23.0 Å². The van der Waals surface area contributed by atoms with E-state index in [0.717, 1.165) is 50.1 Å². The molecule has 0 spiro atoms. The highest BCUT2D eigenvalue weighted by molar-refractivity contribution is 5.57. The smallest absolute Gasteiger partial charge is 0.118 e. The van der Waals surface area contributed by atoms with Gasteiger partial charge in [0.25, 0.3) is 0 Å². The summed E-state index contributed by atoms with van der Waals surface area (Å²) in [5.74, 6) is 0.961. The van der Waals surface area contributed by atoms with Crippen molar-refractivity contribution in [2.45, 2.75) is 45.4 Å². The van der Waals surface area contributed by atoms with Gasteiger partial charge in [-0.25, -0.2) is 0 Å². The fraction of sp³-hybridized carbons (Fsp3) is 0.189. The SMILES string of the molecule is Cc1cc(C(C)(c2ccc(O)cc2)c2ccc(C(C)(c3ccc(O)c(C)c3)c3ccc(O)c(C)c3)cc2)ccc1O. The van der Waals surface area contributed by atoms with Crippen LogP contribution in [0.4, 0.5) is 0 Å². The van der Waals surface area contributed by atoms with Gasteiger partial charge in [-0.1, -0.05) is 72.8 Å². The fourth-order valence-electron chi connectivity index (χ4n) is 5.83. The average Bonchev–Trinajstić information content (AvgIpc) is 2.97. The van der Waals surface area contributed by atoms with Crippen LogP contribution in [0, 0.1) is 20.8 Å². The van der Waals surface area contributed by atoms with E-state index >= 15 is 0 Å². The van der Waals surface area contributed by atoms with Crippen molar-refractivity contribution >= 4 is 0 Å². The maximum Gasteiger partial charge on any atom is 0.118 e. The molecule has 208 valence electrons. The Hall–Kier alpha value is -4.70. The third-order valence-corrected chi connectivity index (χ3v) is 8.81. The van der Waals surface area contributed by atoms with E-state index in [0.29, 0.717) is 0 Å². The molecule has 4 heteroatoms. The highest BCUT2D eigenvalue weighted by atomic mass is 16.3. The molecule has 0 heterocycles. The molecule has 0 aliphatic rings. The van der Waals surface area contributed by atoms with Gasteiger partial charge in [-0.05, 0) is 115 Å². The van der Waals surface area contributed by atoms with Gasteiger partial charge in [-0.2, -0.15) is 0 Å². The Morgan fingerprint density at radius 1 is 0.366 bits per heavy atom. The van der Waals surface area contributed by atoms with Crippen LogP contribution in [-0.2, 0) is 10.8 Å². The summed E-state index contributed by atoms with van der Waals surface area (Å²) in [5.41, 5.74) is 7.47. The quantitative estimate of drug-likeness (QED) is 0.163. The number of phenols is 4. The van der Waals surface area contributed by atoms with E-state index in [4.69, 9.17) is 0 Å². The molecule has 0 fully saturated rings. The van der Waals surface area contributed by atoms with Gasteiger partial charge in [0.2, 0.25) is 0 Å². The van der Waals surface area contributed by atoms with Crippen molar-refractivity contribution < 1.29 is 20.4 Å². The number of phenolic OH excluding ortho intramolecular Hbond substituents is 4. The summed E-state index contributed by atoms with van der Waals surface area (Å²) in [6.45, 7) is 10.0. The first-order valence-corrected chi connectivity index (χ1v) is 13.8. The van der Waals surface area contributed by atoms with E-state index in [9.17, 15) is 20.4 Å². The first-order valence-electron chi connectivity index (χ1n) is 13.8. The third kappa shape index (κ3) is 4.80. The Balaban J connectivity index is 1.70. The van der Waals surface area contributed by atoms with Crippen LogP contribution in [0.5, 0.6) is 23.0 Å². The van der Waals surface area contributed by atoms with Crippen molar-refractivity contribution in [3.63, 3.8) is 0 Å². The standard InChI is InChI=1S/C37H36O4/c1-23-20-29(12-17-33(23)39)36(4,28-10-15-32(38)16-11-28)26-6-8-27(9-7-26)37(5,30-13-18-34(40)24(2)21-30)31-14-19-35(41)25(3)22-31/h6-22,38-41H,1-5H3. The van der Waals surface area contributed by atoms with Crippen molar-refractivity contribution in [3.8, 4) is 23.0 Å². The van der Waals surface area contributed by atoms with Crippen LogP contribution in [0.15, 0.2) is 103 Å². The Morgan fingerprint density at radius 3 is 0.902 bits per heavy atom. The van der Waals surface area contributed by atoms with Gasteiger partial charge in [0.05, 0.1) is 0 Å². The van der Waals surface area contributed by atoms with Gasteiger partial charge >= 0.3 is 0 Å². The normalized spacial score (nSPS) is 13.1. The van der Waals surface area contributed by atoms with Crippen molar-refractivity contribution in [3.05, 3.63) is 153 Å². The summed E-state index contributed by atoms with van der Waals surface area (Å²) in [6.07, 6.45) is 0. The van der Waals surface area contributed by atoms with E-state index in [1.165, 1.54) is 0 Å². The fourth-order valence-corrected chi connectivity index (χ4v) is 5.83. The average molecular weight is 545 g/mol. The minimum absolute atomic E-state index is 0.206. The van der Waals surface area contributed by atoms with Crippen LogP contribution >= 0.6 is 0 Å². The van der Waals surface area contributed by atoms with Crippen LogP contribution in [0.1, 0.15) is 63.9 Å². The Morgan fingerprint density at radius 2 is 0.610 bits per heavy atom. The zero-order valence-electron chi connectivity index (χ0n) is 24.1. The van der Waals surface area contributed by atoms with Crippen LogP contribution in [-0.4, -0.2) is 20.4 Å². The topological polar surface area (TPSA) is 80.9 Å². The summed E-state index contributed by atoms with van der Waals surface area (Å²) in [6, 6.07) is 33.0. The third-order valence-electron chi connectivity index (χ3n) is 8.81. The lowest BCUT2D eigenvalue weighted by Crippen LogP contribution is -2.28. The van der Waals surface area contributed by atoms with Crippen molar-refractivity contribution in [2.24, 2.45) is 0 Å². The summed E-state index contributed by atoms with van der Waals surface area (Å²) in [5, 5.41) is 40.8. The lowest BCUT2D eigenvalue weighted by atomic mass is 9.68. The second-order valence-electron chi connectivity index (χ2n) is 11.4. The number of hydrogen-bond acceptors (Lipinski definition) is 4. The van der Waals surface area contributed by atoms with Gasteiger partial charge in [-0.3, -0.25) is 0 Å². The molecular weight excluding hydrogens is 508 g/mol. The molecule has 5 aromatic carbocycles. The predicted octanol–water partition coefficient (Wildman–Crippen LogP) is 8.14. The molecule has 0 aromatic heterocycles. The van der Waals surface area contributed by atoms with E-state index in [1.54, 1.807) is 30.3 Å². The maximum absolute atomic E-state index is 10.3. The molecule has 0 bridgehead atoms. The second-order valence-corrected chi connectivity index (χ2v) is 11.4. The second kappa shape index (κ2) is 10.4. The maximum atomic E-state index is 10.3. The summed E-state index contributed by atoms with van der Waals surface area (Å²) in [4.78, 5) is 0. The van der Waals surface area contributed by atoms with Gasteiger partial charge in [0, 0.05) is 10.8 Å². The summed E-state index contributed by atoms with van der Waals surface area (Å²) >= 11 is 0. The molecule has 41 heavy (non-hydrogen) atoms. The lowest BCUT2D eigenvalue weighted by molar-refractivity contribution is 0.469. The molecule has 0 radical (unpaired) electrons. The summed E-state index contributed by atoms with van der Waals surface area (Å²) in [7, 11) is 0. The zero-order valence-corrected chi connectivity index (χ0v) is 24.1. The first-order chi connectivity index (χ1) is 19.4. The van der Waals surface area contributed by atoms with Crippen LogP contribution in [0.2, 0.25) is 0 Å². The molecule has 4 N–H and O–H groups in total. The number of hydrogen-bond donors (Lipinski definition) is 4. The molecule has 0 amide bonds. The highest BCUT2D eigenvalue weighted by Gasteiger charge is 2.35. The van der Waals surface area contributed by atoms with E-state index in [-0.39, 0.29) is 23.0 Å². The lowest BCUT2D eigenvalue weighted by Gasteiger charge is -2.35. The Labute approximate surface area is 241 Å². The van der Waals surface area contributed by atoms with E-state index in [1.807, 2.05) is 69.3 Å². The van der Waals surface area contributed by atoms with E-state index < -0.39 is 10.8 Å². The number of benzene rings is 5. The van der Waals surface area contributed by atoms with Crippen molar-refractivity contribution in [1.29, 1.82) is 0 Å². The molecule has 1 unspecified atom stereocenters. The monoisotopic (exact) mass is 544 g/mol. The van der Waals surface area contributed by atoms with Crippen LogP contribution < -0.4 is 0 Å². The Kier molecular flexibility index (Phi) is 7.04. The van der Waals surface area contributed by atoms with Crippen molar-refractivity contribution in [1.82, 2.24) is 0 Å². The minimum Gasteiger partial charge on any atom is -0.508 e. The largest absolute Gasteiger partial charge is 0.508 e. The van der Waals surface area contributed by atoms with Crippen LogP contribution in [0.25, 0.3) is 0 Å². The molecule has 0 aliphatic carbocycles. The van der Waals surface area contributed by atoms with Crippen molar-refractivity contribution in [2.75, 3.05) is 0 Å². The molecule has 0 aliphatic heterocycles. The first kappa shape index (κ1) is 27.9. The van der Waals surface area contributed by atoms with Crippen LogP contribution in [0.3, 0.4) is 0 Å². The van der Waals surface area contributed by atoms with Gasteiger partial charge in [0.15, 0.2) is 0 Å². The molecule has 0 saturated heterocycles. The predicted molar refractivity (Wildman–Crippen MR) is 164 cm³/mol. The van der Waals surface area contributed by atoms with Gasteiger partial charge in [-0.15, -0.1) is 0 Å². The number of rotatable bonds is 6. The molecule has 4 nitrogen and oxygen atoms in total. The molecule has 5 rings (SSSR count). The number of aromatic hydroxyl groups is 4. The molecule has 1 atom stereocenters. The van der Waals surface area contributed by atoms with Gasteiger partial charge < -0.3 is 20.4 Å². The molecular formula is C37H36O4. The minimum atomic E-state index is -0.570. The molecule has 5 aromatic rings. The summed E-state index contributed by atoms with van der Waals surface area (Å²) < 4.78 is 0. The highest BCUT2D eigenvalue weighted by Crippen LogP contribution is 2.44. The van der Waals surface area contributed by atoms with E-state index in [2.05, 4.69) is 38.1 Å².